The summed E-state index contributed by atoms with van der Waals surface area (Å²) in [5.74, 6) is -0.553. The maximum absolute atomic E-state index is 11.8. The lowest BCUT2D eigenvalue weighted by atomic mass is 10.1. The molecule has 23 heavy (non-hydrogen) atoms. The van der Waals surface area contributed by atoms with Crippen LogP contribution in [0.5, 0.6) is 0 Å². The van der Waals surface area contributed by atoms with Crippen molar-refractivity contribution in [3.05, 3.63) is 75.8 Å². The molecular weight excluding hydrogens is 358 g/mol. The minimum Gasteiger partial charge on any atom is -0.465 e. The Balaban J connectivity index is 1.86. The van der Waals surface area contributed by atoms with E-state index < -0.39 is 0 Å². The van der Waals surface area contributed by atoms with Crippen molar-refractivity contribution in [1.82, 2.24) is 5.32 Å². The van der Waals surface area contributed by atoms with Gasteiger partial charge in [-0.3, -0.25) is 4.79 Å². The predicted octanol–water partition coefficient (Wildman–Crippen LogP) is 3.57. The number of ether oxygens (including phenoxy) is 1. The molecule has 0 saturated carbocycles. The van der Waals surface area contributed by atoms with Crippen molar-refractivity contribution in [2.75, 3.05) is 7.11 Å². The highest BCUT2D eigenvalue weighted by molar-refractivity contribution is 9.10. The van der Waals surface area contributed by atoms with Crippen LogP contribution in [0.1, 0.15) is 21.5 Å². The average Bonchev–Trinajstić information content (AvgIpc) is 2.59. The largest absolute Gasteiger partial charge is 0.465 e. The zero-order valence-corrected chi connectivity index (χ0v) is 14.2. The molecule has 0 bridgehead atoms. The summed E-state index contributed by atoms with van der Waals surface area (Å²) in [6.07, 6.45) is 3.24. The van der Waals surface area contributed by atoms with Crippen molar-refractivity contribution in [3.8, 4) is 0 Å². The van der Waals surface area contributed by atoms with Crippen LogP contribution in [0.4, 0.5) is 0 Å². The van der Waals surface area contributed by atoms with Gasteiger partial charge in [0, 0.05) is 17.1 Å². The van der Waals surface area contributed by atoms with E-state index >= 15 is 0 Å². The number of carbonyl (C=O) groups excluding carboxylic acids is 2. The minimum absolute atomic E-state index is 0.176. The van der Waals surface area contributed by atoms with Crippen molar-refractivity contribution in [1.29, 1.82) is 0 Å². The average molecular weight is 374 g/mol. The highest BCUT2D eigenvalue weighted by atomic mass is 79.9. The molecule has 5 heteroatoms. The summed E-state index contributed by atoms with van der Waals surface area (Å²) in [7, 11) is 1.34. The Bertz CT molecular complexity index is 706. The lowest BCUT2D eigenvalue weighted by Gasteiger charge is -2.04. The first kappa shape index (κ1) is 17.0. The molecular formula is C18H16BrNO3. The van der Waals surface area contributed by atoms with Crippen molar-refractivity contribution in [3.63, 3.8) is 0 Å². The molecule has 4 nitrogen and oxygen atoms in total. The number of rotatable bonds is 5. The number of hydrogen-bond donors (Lipinski definition) is 1. The number of methoxy groups -OCH3 is 1. The van der Waals surface area contributed by atoms with Crippen molar-refractivity contribution in [2.45, 2.75) is 6.54 Å². The standard InChI is InChI=1S/C18H16BrNO3/c1-23-18(22)15-7-2-14(3-8-15)12-20-17(21)11-6-13-4-9-16(19)10-5-13/h2-11H,12H2,1H3,(H,20,21)/b11-6+. The van der Waals surface area contributed by atoms with Gasteiger partial charge in [-0.05, 0) is 41.5 Å². The van der Waals surface area contributed by atoms with Gasteiger partial charge in [0.1, 0.15) is 0 Å². The Labute approximate surface area is 143 Å². The van der Waals surface area contributed by atoms with Gasteiger partial charge >= 0.3 is 5.97 Å². The molecule has 0 saturated heterocycles. The molecule has 2 aromatic carbocycles. The van der Waals surface area contributed by atoms with Crippen molar-refractivity contribution < 1.29 is 14.3 Å². The number of carbonyl (C=O) groups is 2. The minimum atomic E-state index is -0.377. The number of amides is 1. The van der Waals surface area contributed by atoms with Gasteiger partial charge in [0.25, 0.3) is 0 Å². The number of hydrogen-bond acceptors (Lipinski definition) is 3. The van der Waals surface area contributed by atoms with E-state index in [1.54, 1.807) is 30.3 Å². The van der Waals surface area contributed by atoms with Gasteiger partial charge in [-0.2, -0.15) is 0 Å². The van der Waals surface area contributed by atoms with Crippen LogP contribution in [0.3, 0.4) is 0 Å². The van der Waals surface area contributed by atoms with Crippen molar-refractivity contribution in [2.24, 2.45) is 0 Å². The lowest BCUT2D eigenvalue weighted by Crippen LogP contribution is -2.20. The van der Waals surface area contributed by atoms with Crippen LogP contribution >= 0.6 is 15.9 Å². The topological polar surface area (TPSA) is 55.4 Å². The molecule has 0 atom stereocenters. The van der Waals surface area contributed by atoms with Crippen LogP contribution in [0.15, 0.2) is 59.1 Å². The Morgan fingerprint density at radius 2 is 1.74 bits per heavy atom. The SMILES string of the molecule is COC(=O)c1ccc(CNC(=O)/C=C/c2ccc(Br)cc2)cc1. The zero-order chi connectivity index (χ0) is 16.7. The van der Waals surface area contributed by atoms with Gasteiger partial charge < -0.3 is 10.1 Å². The monoisotopic (exact) mass is 373 g/mol. The van der Waals surface area contributed by atoms with E-state index in [0.29, 0.717) is 12.1 Å². The number of esters is 1. The molecule has 0 aliphatic carbocycles. The number of nitrogens with one attached hydrogen (secondary N) is 1. The Kier molecular flexibility index (Phi) is 6.11. The van der Waals surface area contributed by atoms with Gasteiger partial charge in [0.05, 0.1) is 12.7 Å². The quantitative estimate of drug-likeness (QED) is 0.643. The molecule has 0 unspecified atom stereocenters. The summed E-state index contributed by atoms with van der Waals surface area (Å²) in [6, 6.07) is 14.6. The maximum atomic E-state index is 11.8. The predicted molar refractivity (Wildman–Crippen MR) is 92.8 cm³/mol. The van der Waals surface area contributed by atoms with E-state index in [4.69, 9.17) is 0 Å². The van der Waals surface area contributed by atoms with Crippen LogP contribution in [0, 0.1) is 0 Å². The molecule has 1 N–H and O–H groups in total. The fourth-order valence-electron chi connectivity index (χ4n) is 1.87. The van der Waals surface area contributed by atoms with E-state index in [2.05, 4.69) is 26.0 Å². The molecule has 0 radical (unpaired) electrons. The molecule has 1 amide bonds. The highest BCUT2D eigenvalue weighted by Crippen LogP contribution is 2.11. The molecule has 0 aromatic heterocycles. The van der Waals surface area contributed by atoms with Crippen LogP contribution in [0.2, 0.25) is 0 Å². The van der Waals surface area contributed by atoms with Crippen LogP contribution in [0.25, 0.3) is 6.08 Å². The fraction of sp³-hybridized carbons (Fsp3) is 0.111. The molecule has 2 rings (SSSR count). The van der Waals surface area contributed by atoms with E-state index in [-0.39, 0.29) is 11.9 Å². The van der Waals surface area contributed by atoms with Crippen LogP contribution < -0.4 is 5.32 Å². The summed E-state index contributed by atoms with van der Waals surface area (Å²) >= 11 is 3.36. The van der Waals surface area contributed by atoms with E-state index in [0.717, 1.165) is 15.6 Å². The molecule has 2 aromatic rings. The summed E-state index contributed by atoms with van der Waals surface area (Å²) in [5, 5.41) is 2.79. The third kappa shape index (κ3) is 5.38. The third-order valence-corrected chi connectivity index (χ3v) is 3.67. The van der Waals surface area contributed by atoms with Gasteiger partial charge in [-0.25, -0.2) is 4.79 Å². The Morgan fingerprint density at radius 3 is 2.35 bits per heavy atom. The number of benzene rings is 2. The smallest absolute Gasteiger partial charge is 0.337 e. The molecule has 0 aliphatic rings. The third-order valence-electron chi connectivity index (χ3n) is 3.14. The second-order valence-corrected chi connectivity index (χ2v) is 5.71. The molecule has 0 spiro atoms. The van der Waals surface area contributed by atoms with Gasteiger partial charge in [-0.1, -0.05) is 40.2 Å². The molecule has 118 valence electrons. The highest BCUT2D eigenvalue weighted by Gasteiger charge is 2.04. The van der Waals surface area contributed by atoms with Gasteiger partial charge in [-0.15, -0.1) is 0 Å². The van der Waals surface area contributed by atoms with E-state index in [9.17, 15) is 9.59 Å². The van der Waals surface area contributed by atoms with E-state index in [1.165, 1.54) is 13.2 Å². The zero-order valence-electron chi connectivity index (χ0n) is 12.6. The second-order valence-electron chi connectivity index (χ2n) is 4.79. The summed E-state index contributed by atoms with van der Waals surface area (Å²) in [6.45, 7) is 0.394. The van der Waals surface area contributed by atoms with Crippen LogP contribution in [-0.4, -0.2) is 19.0 Å². The number of halogens is 1. The van der Waals surface area contributed by atoms with E-state index in [1.807, 2.05) is 24.3 Å². The molecule has 0 aliphatic heterocycles. The lowest BCUT2D eigenvalue weighted by molar-refractivity contribution is -0.116. The maximum Gasteiger partial charge on any atom is 0.337 e. The first-order valence-corrected chi connectivity index (χ1v) is 7.76. The first-order valence-electron chi connectivity index (χ1n) is 6.97. The summed E-state index contributed by atoms with van der Waals surface area (Å²) in [4.78, 5) is 23.1. The summed E-state index contributed by atoms with van der Waals surface area (Å²) in [5.41, 5.74) is 2.34. The Hall–Kier alpha value is -2.40. The van der Waals surface area contributed by atoms with Crippen LogP contribution in [-0.2, 0) is 16.1 Å². The van der Waals surface area contributed by atoms with Crippen molar-refractivity contribution >= 4 is 33.9 Å². The summed E-state index contributed by atoms with van der Waals surface area (Å²) < 4.78 is 5.63. The Morgan fingerprint density at radius 1 is 1.09 bits per heavy atom. The van der Waals surface area contributed by atoms with Gasteiger partial charge in [0.15, 0.2) is 0 Å². The molecule has 0 fully saturated rings. The first-order chi connectivity index (χ1) is 11.1. The second kappa shape index (κ2) is 8.29. The molecule has 0 heterocycles. The fourth-order valence-corrected chi connectivity index (χ4v) is 2.13. The normalized spacial score (nSPS) is 10.5. The van der Waals surface area contributed by atoms with Gasteiger partial charge in [0.2, 0.25) is 5.91 Å².